The Morgan fingerprint density at radius 1 is 1.00 bits per heavy atom. The van der Waals surface area contributed by atoms with Crippen LogP contribution in [0.3, 0.4) is 0 Å². The van der Waals surface area contributed by atoms with E-state index in [1.807, 2.05) is 25.1 Å². The van der Waals surface area contributed by atoms with Crippen LogP contribution in [0.2, 0.25) is 0 Å². The molecule has 0 aliphatic carbocycles. The number of nitrogens with zero attached hydrogens (tertiary/aromatic N) is 5. The van der Waals surface area contributed by atoms with E-state index in [0.717, 1.165) is 5.56 Å². The number of imidazole rings is 1. The van der Waals surface area contributed by atoms with Crippen LogP contribution in [0, 0.1) is 13.8 Å². The molecule has 1 fully saturated rings. The van der Waals surface area contributed by atoms with E-state index in [-0.39, 0.29) is 22.2 Å². The van der Waals surface area contributed by atoms with Crippen LogP contribution in [0.4, 0.5) is 5.13 Å². The summed E-state index contributed by atoms with van der Waals surface area (Å²) in [5, 5.41) is 30.2. The molecule has 3 aromatic heterocycles. The monoisotopic (exact) mass is 569 g/mol. The molecule has 6 rings (SSSR count). The molecule has 5 aromatic rings. The molecule has 4 heterocycles. The van der Waals surface area contributed by atoms with Gasteiger partial charge in [0.25, 0.3) is 5.78 Å². The van der Waals surface area contributed by atoms with Gasteiger partial charge in [0.2, 0.25) is 5.13 Å². The number of aromatic nitrogens is 4. The number of benzene rings is 2. The van der Waals surface area contributed by atoms with Gasteiger partial charge in [-0.3, -0.25) is 18.9 Å². The molecule has 200 valence electrons. The number of thioether (sulfide) groups is 1. The van der Waals surface area contributed by atoms with Crippen molar-refractivity contribution in [1.82, 2.24) is 19.6 Å². The highest BCUT2D eigenvalue weighted by Gasteiger charge is 2.48. The fourth-order valence-electron chi connectivity index (χ4n) is 4.72. The van der Waals surface area contributed by atoms with Gasteiger partial charge in [0.15, 0.2) is 10.1 Å². The van der Waals surface area contributed by atoms with Crippen molar-refractivity contribution < 1.29 is 19.8 Å². The van der Waals surface area contributed by atoms with Crippen molar-refractivity contribution in [2.24, 2.45) is 0 Å². The van der Waals surface area contributed by atoms with Gasteiger partial charge in [-0.15, -0.1) is 10.2 Å². The van der Waals surface area contributed by atoms with Gasteiger partial charge in [-0.2, -0.15) is 0 Å². The minimum absolute atomic E-state index is 0.0315. The SMILES string of the molecule is Cc1ccc(CSc2nnc(N3C(=O)C(=O)/C(=C(/O)c4c(C)nc5ccccn45)C3c3ccc(O)cc3)s2)cc1. The maximum Gasteiger partial charge on any atom is 0.301 e. The number of carbonyl (C=O) groups is 2. The Labute approximate surface area is 237 Å². The highest BCUT2D eigenvalue weighted by Crippen LogP contribution is 2.44. The van der Waals surface area contributed by atoms with Gasteiger partial charge in [0, 0.05) is 11.9 Å². The summed E-state index contributed by atoms with van der Waals surface area (Å²) >= 11 is 2.68. The average Bonchev–Trinajstić information content (AvgIpc) is 3.62. The molecule has 0 saturated carbocycles. The number of aryl methyl sites for hydroxylation is 2. The van der Waals surface area contributed by atoms with Crippen LogP contribution in [0.5, 0.6) is 5.75 Å². The summed E-state index contributed by atoms with van der Waals surface area (Å²) in [6, 6.07) is 18.8. The molecule has 9 nitrogen and oxygen atoms in total. The second kappa shape index (κ2) is 10.2. The molecule has 0 radical (unpaired) electrons. The Hall–Kier alpha value is -4.48. The van der Waals surface area contributed by atoms with Crippen molar-refractivity contribution in [3.8, 4) is 5.75 Å². The molecule has 2 aromatic carbocycles. The quantitative estimate of drug-likeness (QED) is 0.0914. The number of hydrogen-bond donors (Lipinski definition) is 2. The third kappa shape index (κ3) is 4.52. The zero-order chi connectivity index (χ0) is 28.0. The van der Waals surface area contributed by atoms with Crippen LogP contribution in [0.15, 0.2) is 82.8 Å². The van der Waals surface area contributed by atoms with Crippen LogP contribution < -0.4 is 4.90 Å². The smallest absolute Gasteiger partial charge is 0.301 e. The third-order valence-electron chi connectivity index (χ3n) is 6.67. The van der Waals surface area contributed by atoms with Crippen LogP contribution in [-0.2, 0) is 15.3 Å². The Morgan fingerprint density at radius 3 is 2.50 bits per heavy atom. The topological polar surface area (TPSA) is 121 Å². The first-order valence-electron chi connectivity index (χ1n) is 12.4. The normalized spacial score (nSPS) is 16.8. The fourth-order valence-corrected chi connectivity index (χ4v) is 6.54. The van der Waals surface area contributed by atoms with Gasteiger partial charge in [-0.05, 0) is 49.2 Å². The Balaban J connectivity index is 1.43. The van der Waals surface area contributed by atoms with Crippen molar-refractivity contribution in [2.75, 3.05) is 4.90 Å². The molecule has 11 heteroatoms. The van der Waals surface area contributed by atoms with Crippen molar-refractivity contribution >= 4 is 51.3 Å². The van der Waals surface area contributed by atoms with E-state index in [1.54, 1.807) is 41.8 Å². The van der Waals surface area contributed by atoms with E-state index in [4.69, 9.17) is 0 Å². The average molecular weight is 570 g/mol. The van der Waals surface area contributed by atoms with Gasteiger partial charge in [-0.25, -0.2) is 4.98 Å². The highest BCUT2D eigenvalue weighted by atomic mass is 32.2. The molecular formula is C29H23N5O4S2. The number of anilines is 1. The number of carbonyl (C=O) groups excluding carboxylic acids is 2. The zero-order valence-corrected chi connectivity index (χ0v) is 23.1. The second-order valence-electron chi connectivity index (χ2n) is 9.36. The van der Waals surface area contributed by atoms with E-state index in [9.17, 15) is 19.8 Å². The van der Waals surface area contributed by atoms with E-state index in [1.165, 1.54) is 45.7 Å². The second-order valence-corrected chi connectivity index (χ2v) is 11.5. The molecule has 1 aliphatic heterocycles. The molecule has 2 N–H and O–H groups in total. The van der Waals surface area contributed by atoms with E-state index >= 15 is 0 Å². The molecule has 1 aliphatic rings. The molecular weight excluding hydrogens is 546 g/mol. The molecule has 1 amide bonds. The number of hydrogen-bond acceptors (Lipinski definition) is 9. The lowest BCUT2D eigenvalue weighted by molar-refractivity contribution is -0.132. The first-order chi connectivity index (χ1) is 19.3. The van der Waals surface area contributed by atoms with E-state index < -0.39 is 17.7 Å². The van der Waals surface area contributed by atoms with Crippen LogP contribution >= 0.6 is 23.1 Å². The summed E-state index contributed by atoms with van der Waals surface area (Å²) in [4.78, 5) is 32.8. The number of rotatable bonds is 6. The molecule has 1 unspecified atom stereocenters. The highest BCUT2D eigenvalue weighted by molar-refractivity contribution is 8.00. The molecule has 0 bridgehead atoms. The van der Waals surface area contributed by atoms with Crippen LogP contribution in [0.25, 0.3) is 11.4 Å². The largest absolute Gasteiger partial charge is 0.508 e. The van der Waals surface area contributed by atoms with Gasteiger partial charge in [0.1, 0.15) is 17.1 Å². The number of ketones is 1. The number of aliphatic hydroxyl groups excluding tert-OH is 1. The Morgan fingerprint density at radius 2 is 1.75 bits per heavy atom. The van der Waals surface area contributed by atoms with Gasteiger partial charge >= 0.3 is 5.91 Å². The van der Waals surface area contributed by atoms with Crippen LogP contribution in [-0.4, -0.2) is 41.5 Å². The third-order valence-corrected chi connectivity index (χ3v) is 8.79. The fraction of sp³-hybridized carbons (Fsp3) is 0.138. The van der Waals surface area contributed by atoms with Gasteiger partial charge < -0.3 is 10.2 Å². The van der Waals surface area contributed by atoms with Crippen molar-refractivity contribution in [2.45, 2.75) is 30.0 Å². The van der Waals surface area contributed by atoms with Crippen molar-refractivity contribution in [3.05, 3.63) is 107 Å². The molecule has 1 saturated heterocycles. The minimum atomic E-state index is -0.989. The maximum atomic E-state index is 13.5. The molecule has 1 atom stereocenters. The van der Waals surface area contributed by atoms with E-state index in [2.05, 4.69) is 27.3 Å². The lowest BCUT2D eigenvalue weighted by Gasteiger charge is -2.22. The summed E-state index contributed by atoms with van der Waals surface area (Å²) < 4.78 is 2.32. The summed E-state index contributed by atoms with van der Waals surface area (Å²) in [5.41, 5.74) is 4.16. The number of fused-ring (bicyclic) bond motifs is 1. The molecule has 0 spiro atoms. The lowest BCUT2D eigenvalue weighted by Crippen LogP contribution is -2.29. The summed E-state index contributed by atoms with van der Waals surface area (Å²) in [6.07, 6.45) is 1.73. The van der Waals surface area contributed by atoms with Crippen LogP contribution in [0.1, 0.15) is 34.1 Å². The number of amides is 1. The molecule has 40 heavy (non-hydrogen) atoms. The standard InChI is InChI=1S/C29H23N5O4S2/c1-16-6-8-18(9-7-16)15-39-29-32-31-28(40-29)34-24(19-10-12-20(35)13-11-19)22(26(37)27(34)38)25(36)23-17(2)30-21-5-3-4-14-33(21)23/h3-14,24,35-36H,15H2,1-2H3/b25-22+. The number of Topliss-reactive ketones (excluding diaryl/α,β-unsaturated/α-hetero) is 1. The number of aromatic hydroxyl groups is 1. The minimum Gasteiger partial charge on any atom is -0.508 e. The predicted octanol–water partition coefficient (Wildman–Crippen LogP) is 5.43. The lowest BCUT2D eigenvalue weighted by atomic mass is 9.96. The Kier molecular flexibility index (Phi) is 6.60. The number of phenols is 1. The maximum absolute atomic E-state index is 13.5. The van der Waals surface area contributed by atoms with Crippen molar-refractivity contribution in [3.63, 3.8) is 0 Å². The number of pyridine rings is 1. The number of aliphatic hydroxyl groups is 1. The Bertz CT molecular complexity index is 1790. The summed E-state index contributed by atoms with van der Waals surface area (Å²) in [6.45, 7) is 3.76. The summed E-state index contributed by atoms with van der Waals surface area (Å²) in [5.74, 6) is -1.30. The zero-order valence-electron chi connectivity index (χ0n) is 21.5. The first kappa shape index (κ1) is 25.8. The van der Waals surface area contributed by atoms with Crippen molar-refractivity contribution in [1.29, 1.82) is 0 Å². The van der Waals surface area contributed by atoms with Gasteiger partial charge in [0.05, 0.1) is 17.3 Å². The predicted molar refractivity (Wildman–Crippen MR) is 153 cm³/mol. The number of phenolic OH excluding ortho intramolecular Hbond substituents is 1. The van der Waals surface area contributed by atoms with Gasteiger partial charge in [-0.1, -0.05) is 71.1 Å². The first-order valence-corrected chi connectivity index (χ1v) is 14.2. The summed E-state index contributed by atoms with van der Waals surface area (Å²) in [7, 11) is 0. The van der Waals surface area contributed by atoms with E-state index in [0.29, 0.717) is 32.7 Å².